The molecule has 1 heterocycles. The molecule has 0 aromatic heterocycles. The Morgan fingerprint density at radius 3 is 2.56 bits per heavy atom. The topological polar surface area (TPSA) is 61.2 Å². The molecule has 1 fully saturated rings. The van der Waals surface area contributed by atoms with Crippen molar-refractivity contribution in [2.24, 2.45) is 0 Å². The Morgan fingerprint density at radius 1 is 1.20 bits per heavy atom. The number of thioether (sulfide) groups is 1. The van der Waals surface area contributed by atoms with Crippen LogP contribution in [0.4, 0.5) is 9.18 Å². The van der Waals surface area contributed by atoms with Gasteiger partial charge in [0, 0.05) is 5.02 Å². The van der Waals surface area contributed by atoms with Crippen molar-refractivity contribution in [2.45, 2.75) is 6.54 Å². The van der Waals surface area contributed by atoms with Gasteiger partial charge < -0.3 is 0 Å². The Morgan fingerprint density at radius 2 is 1.92 bits per heavy atom. The molecule has 0 aliphatic carbocycles. The molecular formula is C18H10ClFN2O2S. The maximum Gasteiger partial charge on any atom is 0.293 e. The summed E-state index contributed by atoms with van der Waals surface area (Å²) in [6.07, 6.45) is 1.60. The van der Waals surface area contributed by atoms with Crippen LogP contribution in [0.15, 0.2) is 47.4 Å². The zero-order chi connectivity index (χ0) is 18.0. The van der Waals surface area contributed by atoms with Gasteiger partial charge in [0.15, 0.2) is 0 Å². The maximum absolute atomic E-state index is 13.1. The summed E-state index contributed by atoms with van der Waals surface area (Å²) in [4.78, 5) is 26.0. The first-order valence-electron chi connectivity index (χ1n) is 7.17. The fourth-order valence-electron chi connectivity index (χ4n) is 2.26. The SMILES string of the molecule is N#Cc1ccc(/C=C2\SC(=O)N(Cc3ccc(F)cc3Cl)C2=O)cc1. The standard InChI is InChI=1S/C18H10ClFN2O2S/c19-15-8-14(20)6-5-13(15)10-22-17(23)16(25-18(22)24)7-11-1-3-12(9-21)4-2-11/h1-8H,10H2/b16-7-. The predicted octanol–water partition coefficient (Wildman–Crippen LogP) is 4.59. The van der Waals surface area contributed by atoms with E-state index in [0.717, 1.165) is 22.7 Å². The van der Waals surface area contributed by atoms with Gasteiger partial charge in [-0.1, -0.05) is 29.8 Å². The van der Waals surface area contributed by atoms with Crippen molar-refractivity contribution in [3.05, 3.63) is 74.9 Å². The highest BCUT2D eigenvalue weighted by molar-refractivity contribution is 8.18. The molecule has 2 amide bonds. The molecule has 1 aliphatic heterocycles. The zero-order valence-electron chi connectivity index (χ0n) is 12.7. The molecule has 0 radical (unpaired) electrons. The van der Waals surface area contributed by atoms with Gasteiger partial charge >= 0.3 is 0 Å². The molecule has 0 spiro atoms. The highest BCUT2D eigenvalue weighted by atomic mass is 35.5. The predicted molar refractivity (Wildman–Crippen MR) is 94.1 cm³/mol. The molecule has 1 saturated heterocycles. The lowest BCUT2D eigenvalue weighted by molar-refractivity contribution is -0.123. The largest absolute Gasteiger partial charge is 0.293 e. The van der Waals surface area contributed by atoms with Gasteiger partial charge in [-0.2, -0.15) is 5.26 Å². The third kappa shape index (κ3) is 3.73. The molecule has 1 aliphatic rings. The second-order valence-electron chi connectivity index (χ2n) is 5.24. The minimum absolute atomic E-state index is 0.0194. The number of nitriles is 1. The van der Waals surface area contributed by atoms with Crippen LogP contribution in [0.25, 0.3) is 6.08 Å². The van der Waals surface area contributed by atoms with Crippen LogP contribution in [0.2, 0.25) is 5.02 Å². The Hall–Kier alpha value is -2.62. The van der Waals surface area contributed by atoms with Gasteiger partial charge in [0.1, 0.15) is 5.82 Å². The Kier molecular flexibility index (Phi) is 4.88. The lowest BCUT2D eigenvalue weighted by atomic mass is 10.1. The molecule has 2 aromatic rings. The normalized spacial score (nSPS) is 15.7. The molecule has 0 bridgehead atoms. The summed E-state index contributed by atoms with van der Waals surface area (Å²) in [6, 6.07) is 12.5. The first-order valence-corrected chi connectivity index (χ1v) is 8.37. The van der Waals surface area contributed by atoms with Crippen LogP contribution in [0.3, 0.4) is 0 Å². The molecular weight excluding hydrogens is 363 g/mol. The number of carbonyl (C=O) groups is 2. The maximum atomic E-state index is 13.1. The molecule has 4 nitrogen and oxygen atoms in total. The monoisotopic (exact) mass is 372 g/mol. The Bertz CT molecular complexity index is 935. The van der Waals surface area contributed by atoms with E-state index in [-0.39, 0.29) is 16.5 Å². The quantitative estimate of drug-likeness (QED) is 0.739. The number of imide groups is 1. The minimum Gasteiger partial charge on any atom is -0.268 e. The minimum atomic E-state index is -0.483. The van der Waals surface area contributed by atoms with Gasteiger partial charge in [-0.15, -0.1) is 0 Å². The van der Waals surface area contributed by atoms with Crippen LogP contribution < -0.4 is 0 Å². The van der Waals surface area contributed by atoms with Gasteiger partial charge in [0.05, 0.1) is 23.1 Å². The van der Waals surface area contributed by atoms with E-state index in [1.165, 1.54) is 12.1 Å². The summed E-state index contributed by atoms with van der Waals surface area (Å²) in [7, 11) is 0. The lowest BCUT2D eigenvalue weighted by Crippen LogP contribution is -2.27. The number of rotatable bonds is 3. The number of nitrogens with zero attached hydrogens (tertiary/aromatic N) is 2. The van der Waals surface area contributed by atoms with Gasteiger partial charge in [0.2, 0.25) is 0 Å². The molecule has 25 heavy (non-hydrogen) atoms. The van der Waals surface area contributed by atoms with Gasteiger partial charge in [-0.05, 0) is 53.2 Å². The first-order chi connectivity index (χ1) is 12.0. The molecule has 3 rings (SSSR count). The van der Waals surface area contributed by atoms with Gasteiger partial charge in [-0.3, -0.25) is 14.5 Å². The van der Waals surface area contributed by atoms with E-state index in [0.29, 0.717) is 16.7 Å². The van der Waals surface area contributed by atoms with Crippen molar-refractivity contribution in [3.63, 3.8) is 0 Å². The average molecular weight is 373 g/mol. The summed E-state index contributed by atoms with van der Waals surface area (Å²) in [5.41, 5.74) is 1.71. The van der Waals surface area contributed by atoms with E-state index in [2.05, 4.69) is 0 Å². The van der Waals surface area contributed by atoms with Crippen molar-refractivity contribution in [3.8, 4) is 6.07 Å². The smallest absolute Gasteiger partial charge is 0.268 e. The van der Waals surface area contributed by atoms with Crippen molar-refractivity contribution in [1.29, 1.82) is 5.26 Å². The fourth-order valence-corrected chi connectivity index (χ4v) is 3.33. The van der Waals surface area contributed by atoms with Crippen LogP contribution in [0, 0.1) is 17.1 Å². The van der Waals surface area contributed by atoms with Crippen LogP contribution >= 0.6 is 23.4 Å². The number of amides is 2. The van der Waals surface area contributed by atoms with E-state index in [9.17, 15) is 14.0 Å². The Balaban J connectivity index is 1.82. The molecule has 0 saturated carbocycles. The average Bonchev–Trinajstić information content (AvgIpc) is 2.85. The number of halogens is 2. The second kappa shape index (κ2) is 7.09. The first kappa shape index (κ1) is 17.2. The summed E-state index contributed by atoms with van der Waals surface area (Å²) in [6.45, 7) is -0.0194. The van der Waals surface area contributed by atoms with E-state index in [1.54, 1.807) is 30.3 Å². The molecule has 7 heteroatoms. The van der Waals surface area contributed by atoms with Crippen molar-refractivity contribution in [2.75, 3.05) is 0 Å². The molecule has 2 aromatic carbocycles. The van der Waals surface area contributed by atoms with Crippen LogP contribution in [0.1, 0.15) is 16.7 Å². The van der Waals surface area contributed by atoms with E-state index >= 15 is 0 Å². The molecule has 124 valence electrons. The van der Waals surface area contributed by atoms with E-state index in [1.807, 2.05) is 6.07 Å². The number of benzene rings is 2. The van der Waals surface area contributed by atoms with Gasteiger partial charge in [0.25, 0.3) is 11.1 Å². The third-order valence-corrected chi connectivity index (χ3v) is 4.81. The third-order valence-electron chi connectivity index (χ3n) is 3.55. The van der Waals surface area contributed by atoms with Crippen LogP contribution in [-0.2, 0) is 11.3 Å². The van der Waals surface area contributed by atoms with Gasteiger partial charge in [-0.25, -0.2) is 4.39 Å². The lowest BCUT2D eigenvalue weighted by Gasteiger charge is -2.13. The molecule has 0 atom stereocenters. The van der Waals surface area contributed by atoms with E-state index < -0.39 is 17.0 Å². The van der Waals surface area contributed by atoms with Crippen LogP contribution in [0.5, 0.6) is 0 Å². The van der Waals surface area contributed by atoms with Crippen LogP contribution in [-0.4, -0.2) is 16.0 Å². The van der Waals surface area contributed by atoms with E-state index in [4.69, 9.17) is 16.9 Å². The summed E-state index contributed by atoms with van der Waals surface area (Å²) < 4.78 is 13.1. The summed E-state index contributed by atoms with van der Waals surface area (Å²) in [5.74, 6) is -0.914. The summed E-state index contributed by atoms with van der Waals surface area (Å²) in [5, 5.41) is 8.55. The van der Waals surface area contributed by atoms with Crippen molar-refractivity contribution in [1.82, 2.24) is 4.90 Å². The zero-order valence-corrected chi connectivity index (χ0v) is 14.3. The van der Waals surface area contributed by atoms with Crippen molar-refractivity contribution >= 4 is 40.6 Å². The highest BCUT2D eigenvalue weighted by Gasteiger charge is 2.35. The molecule has 0 unspecified atom stereocenters. The highest BCUT2D eigenvalue weighted by Crippen LogP contribution is 2.34. The second-order valence-corrected chi connectivity index (χ2v) is 6.64. The fraction of sp³-hybridized carbons (Fsp3) is 0.0556. The molecule has 0 N–H and O–H groups in total. The van der Waals surface area contributed by atoms with Crippen molar-refractivity contribution < 1.29 is 14.0 Å². The Labute approximate surface area is 152 Å². The number of hydrogen-bond acceptors (Lipinski definition) is 4. The summed E-state index contributed by atoms with van der Waals surface area (Å²) >= 11 is 6.79. The number of hydrogen-bond donors (Lipinski definition) is 0. The number of carbonyl (C=O) groups excluding carboxylic acids is 2.